The van der Waals surface area contributed by atoms with Crippen molar-refractivity contribution in [3.8, 4) is 5.69 Å². The lowest BCUT2D eigenvalue weighted by Gasteiger charge is -2.21. The van der Waals surface area contributed by atoms with Gasteiger partial charge in [-0.3, -0.25) is 9.10 Å². The Balaban J connectivity index is 1.73. The number of carbonyl (C=O) groups is 1. The Hall–Kier alpha value is -3.17. The van der Waals surface area contributed by atoms with Gasteiger partial charge in [0.2, 0.25) is 10.0 Å². The summed E-state index contributed by atoms with van der Waals surface area (Å²) in [5.74, 6) is -0.930. The Kier molecular flexibility index (Phi) is 7.00. The first kappa shape index (κ1) is 23.5. The maximum Gasteiger partial charge on any atom is 0.260 e. The normalized spacial score (nSPS) is 11.7. The van der Waals surface area contributed by atoms with Crippen LogP contribution in [0.2, 0.25) is 5.02 Å². The molecule has 0 unspecified atom stereocenters. The summed E-state index contributed by atoms with van der Waals surface area (Å²) in [6.07, 6.45) is 2.49. The van der Waals surface area contributed by atoms with Crippen molar-refractivity contribution in [2.45, 2.75) is 13.8 Å². The van der Waals surface area contributed by atoms with Crippen molar-refractivity contribution < 1.29 is 17.6 Å². The van der Waals surface area contributed by atoms with Crippen LogP contribution in [0.1, 0.15) is 17.0 Å². The lowest BCUT2D eigenvalue weighted by atomic mass is 10.2. The molecular formula is C22H22ClFN4O3S. The highest BCUT2D eigenvalue weighted by molar-refractivity contribution is 7.92. The molecule has 0 aliphatic heterocycles. The van der Waals surface area contributed by atoms with Crippen LogP contribution in [0.25, 0.3) is 5.69 Å². The van der Waals surface area contributed by atoms with E-state index in [0.717, 1.165) is 33.2 Å². The van der Waals surface area contributed by atoms with E-state index in [1.165, 1.54) is 24.4 Å². The first-order valence-electron chi connectivity index (χ1n) is 9.56. The van der Waals surface area contributed by atoms with Gasteiger partial charge in [0.15, 0.2) is 0 Å². The van der Waals surface area contributed by atoms with Crippen LogP contribution < -0.4 is 9.73 Å². The number of hydrogen-bond donors (Lipinski definition) is 1. The molecule has 0 fully saturated rings. The van der Waals surface area contributed by atoms with Crippen molar-refractivity contribution in [3.05, 3.63) is 82.4 Å². The van der Waals surface area contributed by atoms with Crippen molar-refractivity contribution in [2.75, 3.05) is 17.1 Å². The maximum atomic E-state index is 13.2. The van der Waals surface area contributed by atoms with Gasteiger partial charge in [-0.05, 0) is 62.4 Å². The third kappa shape index (κ3) is 5.54. The minimum absolute atomic E-state index is 0.280. The average molecular weight is 477 g/mol. The standard InChI is InChI=1S/C22H22ClFN4O3S/c1-15-11-17(16(2)28(15)20-9-7-19(24)8-10-20)13-25-26-22(29)14-27(32(3,30)31)21-6-4-5-18(23)12-21/h4-13H,14H2,1-3H3,(H,26,29)/b25-13-. The lowest BCUT2D eigenvalue weighted by Crippen LogP contribution is -2.39. The van der Waals surface area contributed by atoms with Gasteiger partial charge in [-0.25, -0.2) is 18.2 Å². The number of benzene rings is 2. The Morgan fingerprint density at radius 3 is 2.50 bits per heavy atom. The molecule has 0 aliphatic carbocycles. The first-order valence-corrected chi connectivity index (χ1v) is 11.8. The average Bonchev–Trinajstić information content (AvgIpc) is 2.99. The molecule has 0 aliphatic rings. The summed E-state index contributed by atoms with van der Waals surface area (Å²) in [4.78, 5) is 12.4. The van der Waals surface area contributed by atoms with E-state index in [-0.39, 0.29) is 11.5 Å². The number of rotatable bonds is 7. The summed E-state index contributed by atoms with van der Waals surface area (Å²) >= 11 is 5.94. The van der Waals surface area contributed by atoms with Gasteiger partial charge in [-0.2, -0.15) is 5.10 Å². The van der Waals surface area contributed by atoms with Gasteiger partial charge in [0.05, 0.1) is 18.2 Å². The molecule has 3 rings (SSSR count). The largest absolute Gasteiger partial charge is 0.318 e. The van der Waals surface area contributed by atoms with Gasteiger partial charge in [-0.1, -0.05) is 17.7 Å². The molecule has 3 aromatic rings. The molecule has 168 valence electrons. The molecule has 2 aromatic carbocycles. The highest BCUT2D eigenvalue weighted by Gasteiger charge is 2.21. The molecular weight excluding hydrogens is 455 g/mol. The van der Waals surface area contributed by atoms with Crippen LogP contribution >= 0.6 is 11.6 Å². The van der Waals surface area contributed by atoms with Gasteiger partial charge in [0, 0.05) is 27.7 Å². The molecule has 0 saturated heterocycles. The van der Waals surface area contributed by atoms with Crippen LogP contribution in [0.3, 0.4) is 0 Å². The monoisotopic (exact) mass is 476 g/mol. The predicted octanol–water partition coefficient (Wildman–Crippen LogP) is 3.80. The molecule has 0 spiro atoms. The van der Waals surface area contributed by atoms with Crippen LogP contribution in [-0.2, 0) is 14.8 Å². The van der Waals surface area contributed by atoms with Crippen LogP contribution in [0.5, 0.6) is 0 Å². The van der Waals surface area contributed by atoms with E-state index >= 15 is 0 Å². The zero-order chi connectivity index (χ0) is 23.5. The van der Waals surface area contributed by atoms with Gasteiger partial charge in [0.1, 0.15) is 12.4 Å². The van der Waals surface area contributed by atoms with Crippen LogP contribution in [0.15, 0.2) is 59.7 Å². The van der Waals surface area contributed by atoms with E-state index in [2.05, 4.69) is 10.5 Å². The molecule has 10 heteroatoms. The number of aromatic nitrogens is 1. The third-order valence-electron chi connectivity index (χ3n) is 4.73. The molecule has 0 saturated carbocycles. The minimum atomic E-state index is -3.72. The second-order valence-corrected chi connectivity index (χ2v) is 9.52. The molecule has 0 radical (unpaired) electrons. The van der Waals surface area contributed by atoms with Crippen LogP contribution in [-0.4, -0.2) is 37.9 Å². The molecule has 1 heterocycles. The van der Waals surface area contributed by atoms with E-state index < -0.39 is 22.5 Å². The van der Waals surface area contributed by atoms with Gasteiger partial charge < -0.3 is 4.57 Å². The Morgan fingerprint density at radius 1 is 1.19 bits per heavy atom. The van der Waals surface area contributed by atoms with Crippen molar-refractivity contribution in [2.24, 2.45) is 5.10 Å². The Labute approximate surface area is 191 Å². The Bertz CT molecular complexity index is 1270. The van der Waals surface area contributed by atoms with E-state index in [9.17, 15) is 17.6 Å². The first-order chi connectivity index (χ1) is 15.1. The number of hydrogen-bond acceptors (Lipinski definition) is 4. The maximum absolute atomic E-state index is 13.2. The smallest absolute Gasteiger partial charge is 0.260 e. The summed E-state index contributed by atoms with van der Waals surface area (Å²) in [5, 5.41) is 4.32. The number of sulfonamides is 1. The fourth-order valence-electron chi connectivity index (χ4n) is 3.28. The van der Waals surface area contributed by atoms with E-state index in [1.807, 2.05) is 24.5 Å². The molecule has 1 aromatic heterocycles. The topological polar surface area (TPSA) is 83.8 Å². The predicted molar refractivity (Wildman–Crippen MR) is 125 cm³/mol. The zero-order valence-corrected chi connectivity index (χ0v) is 19.3. The summed E-state index contributed by atoms with van der Waals surface area (Å²) < 4.78 is 40.4. The number of aryl methyl sites for hydroxylation is 1. The van der Waals surface area contributed by atoms with E-state index in [0.29, 0.717) is 5.02 Å². The van der Waals surface area contributed by atoms with Crippen molar-refractivity contribution in [1.82, 2.24) is 9.99 Å². The second-order valence-electron chi connectivity index (χ2n) is 7.18. The number of anilines is 1. The summed E-state index contributed by atoms with van der Waals surface area (Å²) in [6.45, 7) is 3.33. The van der Waals surface area contributed by atoms with Crippen molar-refractivity contribution in [1.29, 1.82) is 0 Å². The third-order valence-corrected chi connectivity index (χ3v) is 6.11. The summed E-state index contributed by atoms with van der Waals surface area (Å²) in [6, 6.07) is 14.2. The minimum Gasteiger partial charge on any atom is -0.318 e. The highest BCUT2D eigenvalue weighted by Crippen LogP contribution is 2.22. The molecule has 1 N–H and O–H groups in total. The molecule has 32 heavy (non-hydrogen) atoms. The SMILES string of the molecule is Cc1cc(/C=N\NC(=O)CN(c2cccc(Cl)c2)S(C)(=O)=O)c(C)n1-c1ccc(F)cc1. The van der Waals surface area contributed by atoms with E-state index in [1.54, 1.807) is 30.3 Å². The molecule has 1 amide bonds. The van der Waals surface area contributed by atoms with Crippen molar-refractivity contribution in [3.63, 3.8) is 0 Å². The second kappa shape index (κ2) is 9.54. The number of nitrogens with zero attached hydrogens (tertiary/aromatic N) is 3. The van der Waals surface area contributed by atoms with Crippen LogP contribution in [0, 0.1) is 19.7 Å². The number of halogens is 2. The Morgan fingerprint density at radius 2 is 1.88 bits per heavy atom. The van der Waals surface area contributed by atoms with Crippen LogP contribution in [0.4, 0.5) is 10.1 Å². The molecule has 0 bridgehead atoms. The summed E-state index contributed by atoms with van der Waals surface area (Å²) in [7, 11) is -3.72. The van der Waals surface area contributed by atoms with E-state index in [4.69, 9.17) is 11.6 Å². The zero-order valence-electron chi connectivity index (χ0n) is 17.7. The van der Waals surface area contributed by atoms with Gasteiger partial charge >= 0.3 is 0 Å². The molecule has 0 atom stereocenters. The number of hydrazone groups is 1. The fourth-order valence-corrected chi connectivity index (χ4v) is 4.31. The quantitative estimate of drug-likeness (QED) is 0.416. The summed E-state index contributed by atoms with van der Waals surface area (Å²) in [5.41, 5.74) is 5.95. The number of amides is 1. The van der Waals surface area contributed by atoms with Crippen molar-refractivity contribution >= 4 is 39.4 Å². The highest BCUT2D eigenvalue weighted by atomic mass is 35.5. The van der Waals surface area contributed by atoms with Gasteiger partial charge in [-0.15, -0.1) is 0 Å². The molecule has 7 nitrogen and oxygen atoms in total. The number of carbonyl (C=O) groups excluding carboxylic acids is 1. The lowest BCUT2D eigenvalue weighted by molar-refractivity contribution is -0.119. The fraction of sp³-hybridized carbons (Fsp3) is 0.182. The van der Waals surface area contributed by atoms with Gasteiger partial charge in [0.25, 0.3) is 5.91 Å². The number of nitrogens with one attached hydrogen (secondary N) is 1.